The number of carbonyl (C=O) groups excluding carboxylic acids is 3. The Kier molecular flexibility index (Phi) is 7.57. The molecule has 2 aromatic rings. The molecule has 1 heterocycles. The van der Waals surface area contributed by atoms with Crippen molar-refractivity contribution in [2.45, 2.75) is 13.0 Å². The molecule has 0 radical (unpaired) electrons. The summed E-state index contributed by atoms with van der Waals surface area (Å²) in [7, 11) is 5.29. The minimum absolute atomic E-state index is 0.0131. The number of amides is 2. The van der Waals surface area contributed by atoms with Gasteiger partial charge < -0.3 is 30.1 Å². The van der Waals surface area contributed by atoms with Crippen LogP contribution in [-0.2, 0) is 14.4 Å². The molecule has 2 amide bonds. The Labute approximate surface area is 198 Å². The van der Waals surface area contributed by atoms with Gasteiger partial charge in [0, 0.05) is 18.7 Å². The van der Waals surface area contributed by atoms with Gasteiger partial charge >= 0.3 is 0 Å². The van der Waals surface area contributed by atoms with Gasteiger partial charge in [0.15, 0.2) is 6.61 Å². The van der Waals surface area contributed by atoms with E-state index in [0.717, 1.165) is 5.56 Å². The number of primary amides is 1. The number of benzene rings is 2. The molecule has 180 valence electrons. The molecule has 1 atom stereocenters. The predicted octanol–water partition coefficient (Wildman–Crippen LogP) is 1.85. The molecule has 1 aliphatic heterocycles. The van der Waals surface area contributed by atoms with Gasteiger partial charge in [-0.25, -0.2) is 0 Å². The van der Waals surface area contributed by atoms with Gasteiger partial charge in [-0.05, 0) is 62.5 Å². The third kappa shape index (κ3) is 5.20. The van der Waals surface area contributed by atoms with Crippen LogP contribution < -0.4 is 15.2 Å². The highest BCUT2D eigenvalue weighted by atomic mass is 16.5. The summed E-state index contributed by atoms with van der Waals surface area (Å²) in [6.45, 7) is 2.39. The molecule has 9 heteroatoms. The topological polar surface area (TPSA) is 122 Å². The van der Waals surface area contributed by atoms with Gasteiger partial charge in [-0.2, -0.15) is 0 Å². The Bertz CT molecular complexity index is 1120. The first-order chi connectivity index (χ1) is 16.1. The van der Waals surface area contributed by atoms with Crippen molar-refractivity contribution >= 4 is 23.4 Å². The fraction of sp³-hybridized carbons (Fsp3) is 0.320. The number of methoxy groups -OCH3 is 1. The van der Waals surface area contributed by atoms with E-state index in [9.17, 15) is 19.5 Å². The number of ether oxygens (including phenoxy) is 2. The van der Waals surface area contributed by atoms with Gasteiger partial charge in [0.1, 0.15) is 17.3 Å². The number of aryl methyl sites for hydroxylation is 1. The van der Waals surface area contributed by atoms with Crippen molar-refractivity contribution in [1.29, 1.82) is 0 Å². The summed E-state index contributed by atoms with van der Waals surface area (Å²) in [4.78, 5) is 40.4. The van der Waals surface area contributed by atoms with Gasteiger partial charge in [-0.3, -0.25) is 14.4 Å². The van der Waals surface area contributed by atoms with Crippen LogP contribution in [0.5, 0.6) is 11.5 Å². The molecular weight excluding hydrogens is 438 g/mol. The van der Waals surface area contributed by atoms with E-state index in [4.69, 9.17) is 15.2 Å². The fourth-order valence-corrected chi connectivity index (χ4v) is 3.85. The monoisotopic (exact) mass is 467 g/mol. The number of Topliss-reactive ketones (excluding diaryl/α,β-unsaturated/α-hetero) is 1. The Hall–Kier alpha value is -3.85. The Morgan fingerprint density at radius 3 is 2.38 bits per heavy atom. The van der Waals surface area contributed by atoms with Gasteiger partial charge in [-0.1, -0.05) is 12.1 Å². The minimum Gasteiger partial charge on any atom is -0.507 e. The summed E-state index contributed by atoms with van der Waals surface area (Å²) >= 11 is 0. The average Bonchev–Trinajstić information content (AvgIpc) is 3.06. The third-order valence-electron chi connectivity index (χ3n) is 5.57. The first kappa shape index (κ1) is 24.8. The van der Waals surface area contributed by atoms with E-state index in [2.05, 4.69) is 0 Å². The van der Waals surface area contributed by atoms with E-state index in [0.29, 0.717) is 35.7 Å². The van der Waals surface area contributed by atoms with E-state index in [1.165, 1.54) is 4.90 Å². The van der Waals surface area contributed by atoms with E-state index in [-0.39, 0.29) is 17.9 Å². The highest BCUT2D eigenvalue weighted by Crippen LogP contribution is 2.40. The first-order valence-corrected chi connectivity index (χ1v) is 10.7. The number of likely N-dealkylation sites (tertiary alicyclic amines) is 1. The molecule has 9 nitrogen and oxygen atoms in total. The lowest BCUT2D eigenvalue weighted by atomic mass is 9.94. The summed E-state index contributed by atoms with van der Waals surface area (Å²) in [5, 5.41) is 11.2. The number of ketones is 1. The molecule has 0 saturated carbocycles. The predicted molar refractivity (Wildman–Crippen MR) is 126 cm³/mol. The highest BCUT2D eigenvalue weighted by Gasteiger charge is 2.45. The van der Waals surface area contributed by atoms with E-state index >= 15 is 0 Å². The smallest absolute Gasteiger partial charge is 0.295 e. The van der Waals surface area contributed by atoms with Crippen molar-refractivity contribution in [3.05, 3.63) is 64.7 Å². The number of hydrogen-bond acceptors (Lipinski definition) is 7. The Balaban J connectivity index is 2.08. The molecular formula is C25H29N3O6. The molecule has 1 aliphatic rings. The Morgan fingerprint density at radius 2 is 1.82 bits per heavy atom. The number of aliphatic hydroxyl groups is 1. The van der Waals surface area contributed by atoms with Crippen LogP contribution in [-0.4, -0.2) is 73.4 Å². The largest absolute Gasteiger partial charge is 0.507 e. The summed E-state index contributed by atoms with van der Waals surface area (Å²) in [5.74, 6) is -1.22. The van der Waals surface area contributed by atoms with Crippen molar-refractivity contribution in [2.24, 2.45) is 5.73 Å². The van der Waals surface area contributed by atoms with Crippen molar-refractivity contribution in [3.63, 3.8) is 0 Å². The molecule has 0 aromatic heterocycles. The highest BCUT2D eigenvalue weighted by molar-refractivity contribution is 6.46. The zero-order valence-electron chi connectivity index (χ0n) is 19.7. The third-order valence-corrected chi connectivity index (χ3v) is 5.57. The molecule has 34 heavy (non-hydrogen) atoms. The second kappa shape index (κ2) is 10.4. The zero-order chi connectivity index (χ0) is 25.0. The molecule has 1 fully saturated rings. The van der Waals surface area contributed by atoms with Gasteiger partial charge in [0.2, 0.25) is 0 Å². The maximum absolute atomic E-state index is 13.1. The summed E-state index contributed by atoms with van der Waals surface area (Å²) in [6, 6.07) is 10.9. The van der Waals surface area contributed by atoms with Gasteiger partial charge in [-0.15, -0.1) is 0 Å². The molecule has 0 aliphatic carbocycles. The molecule has 3 rings (SSSR count). The molecule has 0 spiro atoms. The normalized spacial score (nSPS) is 17.3. The molecule has 2 aromatic carbocycles. The first-order valence-electron chi connectivity index (χ1n) is 10.7. The molecule has 1 unspecified atom stereocenters. The number of nitrogens with two attached hydrogens (primary N) is 1. The number of nitrogens with zero attached hydrogens (tertiary/aromatic N) is 2. The van der Waals surface area contributed by atoms with Crippen LogP contribution in [0.3, 0.4) is 0 Å². The fourth-order valence-electron chi connectivity index (χ4n) is 3.85. The van der Waals surface area contributed by atoms with E-state index in [1.54, 1.807) is 49.6 Å². The molecule has 3 N–H and O–H groups in total. The van der Waals surface area contributed by atoms with Crippen molar-refractivity contribution in [2.75, 3.05) is 40.9 Å². The van der Waals surface area contributed by atoms with E-state index in [1.807, 2.05) is 25.9 Å². The van der Waals surface area contributed by atoms with Crippen molar-refractivity contribution < 1.29 is 29.0 Å². The maximum Gasteiger partial charge on any atom is 0.295 e. The number of aliphatic hydroxyl groups excluding tert-OH is 1. The standard InChI is InChI=1S/C25H29N3O6/c1-15-13-17(7-10-19(15)33-4)23(30)21-22(28(12-11-27(2)3)25(32)24(21)31)16-5-8-18(9-6-16)34-14-20(26)29/h5-10,13,22,30H,11-12,14H2,1-4H3,(H2,26,29)/b23-21+. The van der Waals surface area contributed by atoms with Gasteiger partial charge in [0.05, 0.1) is 18.7 Å². The van der Waals surface area contributed by atoms with Crippen molar-refractivity contribution in [1.82, 2.24) is 9.80 Å². The SMILES string of the molecule is COc1ccc(/C(O)=C2\C(=O)C(=O)N(CCN(C)C)C2c2ccc(OCC(N)=O)cc2)cc1C. The quantitative estimate of drug-likeness (QED) is 0.328. The second-order valence-corrected chi connectivity index (χ2v) is 8.30. The zero-order valence-corrected chi connectivity index (χ0v) is 19.7. The van der Waals surface area contributed by atoms with Crippen LogP contribution in [0.15, 0.2) is 48.0 Å². The van der Waals surface area contributed by atoms with Crippen LogP contribution in [0.2, 0.25) is 0 Å². The van der Waals surface area contributed by atoms with Crippen molar-refractivity contribution in [3.8, 4) is 11.5 Å². The van der Waals surface area contributed by atoms with Crippen LogP contribution in [0, 0.1) is 6.92 Å². The van der Waals surface area contributed by atoms with Crippen LogP contribution in [0.1, 0.15) is 22.7 Å². The van der Waals surface area contributed by atoms with Crippen LogP contribution in [0.4, 0.5) is 0 Å². The second-order valence-electron chi connectivity index (χ2n) is 8.30. The maximum atomic E-state index is 13.1. The molecule has 1 saturated heterocycles. The number of likely N-dealkylation sites (N-methyl/N-ethyl adjacent to an activating group) is 1. The minimum atomic E-state index is -0.785. The average molecular weight is 468 g/mol. The number of carbonyl (C=O) groups is 3. The van der Waals surface area contributed by atoms with Crippen LogP contribution >= 0.6 is 0 Å². The van der Waals surface area contributed by atoms with Crippen LogP contribution in [0.25, 0.3) is 5.76 Å². The molecule has 0 bridgehead atoms. The lowest BCUT2D eigenvalue weighted by Crippen LogP contribution is -2.35. The summed E-state index contributed by atoms with van der Waals surface area (Å²) in [5.41, 5.74) is 6.95. The van der Waals surface area contributed by atoms with E-state index < -0.39 is 23.6 Å². The summed E-state index contributed by atoms with van der Waals surface area (Å²) < 4.78 is 10.6. The lowest BCUT2D eigenvalue weighted by Gasteiger charge is -2.26. The lowest BCUT2D eigenvalue weighted by molar-refractivity contribution is -0.140. The number of hydrogen-bond donors (Lipinski definition) is 2. The Morgan fingerprint density at radius 1 is 1.15 bits per heavy atom. The number of rotatable bonds is 9. The summed E-state index contributed by atoms with van der Waals surface area (Å²) in [6.07, 6.45) is 0. The van der Waals surface area contributed by atoms with Gasteiger partial charge in [0.25, 0.3) is 17.6 Å².